The number of anilines is 1. The van der Waals surface area contributed by atoms with Gasteiger partial charge in [0.2, 0.25) is 5.95 Å². The van der Waals surface area contributed by atoms with Gasteiger partial charge in [0.1, 0.15) is 0 Å². The molecule has 3 heterocycles. The van der Waals surface area contributed by atoms with Crippen molar-refractivity contribution in [2.45, 2.75) is 90.8 Å². The number of esters is 1. The minimum atomic E-state index is -0.539. The lowest BCUT2D eigenvalue weighted by Gasteiger charge is -2.31. The first-order valence-electron chi connectivity index (χ1n) is 15.3. The van der Waals surface area contributed by atoms with Gasteiger partial charge in [-0.25, -0.2) is 9.59 Å². The van der Waals surface area contributed by atoms with Gasteiger partial charge in [0.05, 0.1) is 25.3 Å². The molecular weight excluding hydrogens is 568 g/mol. The van der Waals surface area contributed by atoms with Crippen LogP contribution in [0.2, 0.25) is 5.02 Å². The van der Waals surface area contributed by atoms with E-state index in [9.17, 15) is 14.4 Å². The third-order valence-electron chi connectivity index (χ3n) is 7.97. The van der Waals surface area contributed by atoms with Crippen molar-refractivity contribution in [3.8, 4) is 11.8 Å². The third-order valence-corrected chi connectivity index (χ3v) is 8.20. The predicted octanol–water partition coefficient (Wildman–Crippen LogP) is 4.46. The number of aromatic nitrogens is 4. The number of halogens is 1. The van der Waals surface area contributed by atoms with Crippen LogP contribution < -0.4 is 21.9 Å². The Hall–Kier alpha value is -3.55. The summed E-state index contributed by atoms with van der Waals surface area (Å²) in [5, 5.41) is 0.364. The van der Waals surface area contributed by atoms with Crippen LogP contribution in [0.3, 0.4) is 0 Å². The fourth-order valence-electron chi connectivity index (χ4n) is 5.59. The molecule has 1 aliphatic rings. The standard InChI is InChI=1S/C32H43ClN6O4/c1-4-6-8-9-10-11-12-19-43-30(41)26-20-24(33)16-15-23(26)21-39-29(40)27-28(36(3)32(39)42)35-31(38(27)18-7-5-2)37-17-13-14-25(34)22-37/h15-16,20,25H,4,6,8-14,17-19,21-22,34H2,1-3H3. The SMILES string of the molecule is CC#CCn1c(N2CCCC(N)C2)nc2c1c(=O)n(Cc1ccc(Cl)cc1C(=O)OCCCCCCCCC)c(=O)n2C. The molecule has 1 aromatic carbocycles. The van der Waals surface area contributed by atoms with Crippen LogP contribution in [0.1, 0.15) is 87.6 Å². The van der Waals surface area contributed by atoms with Crippen molar-refractivity contribution in [2.75, 3.05) is 24.6 Å². The van der Waals surface area contributed by atoms with Crippen LogP contribution in [0.25, 0.3) is 11.2 Å². The van der Waals surface area contributed by atoms with Gasteiger partial charge < -0.3 is 15.4 Å². The highest BCUT2D eigenvalue weighted by molar-refractivity contribution is 6.31. The van der Waals surface area contributed by atoms with Crippen LogP contribution >= 0.6 is 11.6 Å². The summed E-state index contributed by atoms with van der Waals surface area (Å²) in [7, 11) is 1.59. The lowest BCUT2D eigenvalue weighted by atomic mass is 10.1. The van der Waals surface area contributed by atoms with Gasteiger partial charge in [-0.2, -0.15) is 4.98 Å². The van der Waals surface area contributed by atoms with Crippen LogP contribution in [-0.4, -0.2) is 50.4 Å². The topological polar surface area (TPSA) is 117 Å². The molecule has 4 rings (SSSR count). The molecule has 1 unspecified atom stereocenters. The van der Waals surface area contributed by atoms with Gasteiger partial charge in [0.25, 0.3) is 5.56 Å². The summed E-state index contributed by atoms with van der Waals surface area (Å²) in [5.41, 5.74) is 6.45. The number of piperidine rings is 1. The van der Waals surface area contributed by atoms with E-state index in [0.717, 1.165) is 43.2 Å². The number of fused-ring (bicyclic) bond motifs is 1. The van der Waals surface area contributed by atoms with Crippen molar-refractivity contribution >= 4 is 34.7 Å². The molecule has 2 aromatic heterocycles. The zero-order valence-electron chi connectivity index (χ0n) is 25.5. The van der Waals surface area contributed by atoms with E-state index in [4.69, 9.17) is 27.1 Å². The summed E-state index contributed by atoms with van der Waals surface area (Å²) in [5.74, 6) is 5.97. The van der Waals surface area contributed by atoms with Gasteiger partial charge in [0, 0.05) is 31.2 Å². The van der Waals surface area contributed by atoms with Crippen LogP contribution in [0, 0.1) is 11.8 Å². The van der Waals surface area contributed by atoms with Crippen LogP contribution in [0.15, 0.2) is 27.8 Å². The second-order valence-corrected chi connectivity index (χ2v) is 11.7. The molecule has 43 heavy (non-hydrogen) atoms. The van der Waals surface area contributed by atoms with Crippen molar-refractivity contribution in [3.63, 3.8) is 0 Å². The van der Waals surface area contributed by atoms with Crippen molar-refractivity contribution < 1.29 is 9.53 Å². The molecule has 232 valence electrons. The minimum absolute atomic E-state index is 0.00590. The number of imidazole rings is 1. The molecule has 3 aromatic rings. The molecule has 0 radical (unpaired) electrons. The highest BCUT2D eigenvalue weighted by atomic mass is 35.5. The van der Waals surface area contributed by atoms with Crippen LogP contribution in [-0.2, 0) is 24.9 Å². The zero-order chi connectivity index (χ0) is 30.9. The predicted molar refractivity (Wildman–Crippen MR) is 171 cm³/mol. The summed E-state index contributed by atoms with van der Waals surface area (Å²) >= 11 is 6.25. The number of unbranched alkanes of at least 4 members (excludes halogenated alkanes) is 6. The van der Waals surface area contributed by atoms with E-state index >= 15 is 0 Å². The molecule has 2 N–H and O–H groups in total. The van der Waals surface area contributed by atoms with E-state index < -0.39 is 17.2 Å². The maximum Gasteiger partial charge on any atom is 0.338 e. The number of hydrogen-bond acceptors (Lipinski definition) is 7. The Morgan fingerprint density at radius 2 is 1.88 bits per heavy atom. The Kier molecular flexibility index (Phi) is 11.5. The molecule has 10 nitrogen and oxygen atoms in total. The van der Waals surface area contributed by atoms with Crippen LogP contribution in [0.5, 0.6) is 0 Å². The van der Waals surface area contributed by atoms with Crippen LogP contribution in [0.4, 0.5) is 5.95 Å². The number of ether oxygens (including phenoxy) is 1. The van der Waals surface area contributed by atoms with E-state index in [1.165, 1.54) is 36.3 Å². The molecule has 0 bridgehead atoms. The van der Waals surface area contributed by atoms with E-state index in [0.29, 0.717) is 29.7 Å². The van der Waals surface area contributed by atoms with Crippen molar-refractivity contribution in [2.24, 2.45) is 12.8 Å². The quantitative estimate of drug-likeness (QED) is 0.172. The molecule has 1 saturated heterocycles. The minimum Gasteiger partial charge on any atom is -0.462 e. The molecule has 0 aliphatic carbocycles. The summed E-state index contributed by atoms with van der Waals surface area (Å²) < 4.78 is 9.83. The number of carbonyl (C=O) groups excluding carboxylic acids is 1. The Labute approximate surface area is 257 Å². The fourth-order valence-corrected chi connectivity index (χ4v) is 5.76. The molecule has 1 fully saturated rings. The second kappa shape index (κ2) is 15.3. The normalized spacial score (nSPS) is 15.0. The molecule has 1 aliphatic heterocycles. The number of benzene rings is 1. The average molecular weight is 611 g/mol. The molecule has 0 amide bonds. The Morgan fingerprint density at radius 3 is 2.60 bits per heavy atom. The summed E-state index contributed by atoms with van der Waals surface area (Å²) in [6.45, 7) is 5.67. The first-order chi connectivity index (χ1) is 20.8. The van der Waals surface area contributed by atoms with E-state index in [2.05, 4.69) is 23.7 Å². The summed E-state index contributed by atoms with van der Waals surface area (Å²) in [4.78, 5) is 47.4. The monoisotopic (exact) mass is 610 g/mol. The van der Waals surface area contributed by atoms with Gasteiger partial charge in [0.15, 0.2) is 11.2 Å². The highest BCUT2D eigenvalue weighted by Gasteiger charge is 2.26. The van der Waals surface area contributed by atoms with E-state index in [1.54, 1.807) is 30.7 Å². The second-order valence-electron chi connectivity index (χ2n) is 11.2. The number of nitrogens with two attached hydrogens (primary N) is 1. The van der Waals surface area contributed by atoms with Gasteiger partial charge in [-0.1, -0.05) is 69.0 Å². The zero-order valence-corrected chi connectivity index (χ0v) is 26.3. The lowest BCUT2D eigenvalue weighted by molar-refractivity contribution is 0.0496. The highest BCUT2D eigenvalue weighted by Crippen LogP contribution is 2.23. The smallest absolute Gasteiger partial charge is 0.338 e. The lowest BCUT2D eigenvalue weighted by Crippen LogP contribution is -2.44. The number of rotatable bonds is 13. The Morgan fingerprint density at radius 1 is 1.14 bits per heavy atom. The van der Waals surface area contributed by atoms with Gasteiger partial charge in [-0.3, -0.25) is 18.5 Å². The maximum atomic E-state index is 14.0. The van der Waals surface area contributed by atoms with Crippen molar-refractivity contribution in [1.29, 1.82) is 0 Å². The maximum absolute atomic E-state index is 14.0. The number of carbonyl (C=O) groups is 1. The molecular formula is C32H43ClN6O4. The molecule has 0 saturated carbocycles. The first-order valence-corrected chi connectivity index (χ1v) is 15.7. The van der Waals surface area contributed by atoms with Gasteiger partial charge in [-0.15, -0.1) is 5.92 Å². The van der Waals surface area contributed by atoms with Crippen molar-refractivity contribution in [3.05, 3.63) is 55.2 Å². The van der Waals surface area contributed by atoms with Gasteiger partial charge >= 0.3 is 11.7 Å². The molecule has 1 atom stereocenters. The number of nitrogens with zero attached hydrogens (tertiary/aromatic N) is 5. The molecule has 11 heteroatoms. The molecule has 0 spiro atoms. The third kappa shape index (κ3) is 7.70. The van der Waals surface area contributed by atoms with Gasteiger partial charge in [-0.05, 0) is 43.9 Å². The van der Waals surface area contributed by atoms with E-state index in [-0.39, 0.29) is 35.9 Å². The van der Waals surface area contributed by atoms with E-state index in [1.807, 2.05) is 0 Å². The first kappa shape index (κ1) is 32.4. The number of hydrogen-bond donors (Lipinski definition) is 1. The Balaban J connectivity index is 1.64. The van der Waals surface area contributed by atoms with Crippen molar-refractivity contribution in [1.82, 2.24) is 18.7 Å². The summed E-state index contributed by atoms with van der Waals surface area (Å²) in [6.07, 6.45) is 9.57. The average Bonchev–Trinajstić information content (AvgIpc) is 3.38. The largest absolute Gasteiger partial charge is 0.462 e. The summed E-state index contributed by atoms with van der Waals surface area (Å²) in [6, 6.07) is 4.81. The number of aryl methyl sites for hydroxylation is 1. The fraction of sp³-hybridized carbons (Fsp3) is 0.562. The Bertz CT molecular complexity index is 1610.